The van der Waals surface area contributed by atoms with E-state index < -0.39 is 6.10 Å². The van der Waals surface area contributed by atoms with Crippen molar-refractivity contribution in [2.24, 2.45) is 0 Å². The molecule has 0 radical (unpaired) electrons. The van der Waals surface area contributed by atoms with Crippen LogP contribution in [0.3, 0.4) is 0 Å². The number of unbranched alkanes of at least 4 members (excludes halogenated alkanes) is 27. The van der Waals surface area contributed by atoms with Crippen LogP contribution in [0.4, 0.5) is 0 Å². The Balaban J connectivity index is 4.42. The number of hydrogen-bond acceptors (Lipinski definition) is 6. The summed E-state index contributed by atoms with van der Waals surface area (Å²) in [5, 5.41) is 0. The average molecular weight is 921 g/mol. The molecule has 1 unspecified atom stereocenters. The van der Waals surface area contributed by atoms with Crippen LogP contribution in [0.25, 0.3) is 0 Å². The van der Waals surface area contributed by atoms with Gasteiger partial charge in [-0.15, -0.1) is 0 Å². The summed E-state index contributed by atoms with van der Waals surface area (Å²) in [4.78, 5) is 38.1. The van der Waals surface area contributed by atoms with Crippen molar-refractivity contribution in [3.63, 3.8) is 0 Å². The Bertz CT molecular complexity index is 1240. The number of hydrogen-bond donors (Lipinski definition) is 0. The minimum Gasteiger partial charge on any atom is -0.462 e. The Morgan fingerprint density at radius 2 is 0.545 bits per heavy atom. The minimum absolute atomic E-state index is 0.0896. The van der Waals surface area contributed by atoms with Crippen molar-refractivity contribution in [1.82, 2.24) is 0 Å². The Kier molecular flexibility index (Phi) is 51.9. The molecule has 6 nitrogen and oxygen atoms in total. The van der Waals surface area contributed by atoms with Gasteiger partial charge in [-0.2, -0.15) is 0 Å². The zero-order valence-corrected chi connectivity index (χ0v) is 43.4. The van der Waals surface area contributed by atoms with Crippen LogP contribution in [0.5, 0.6) is 0 Å². The molecule has 0 saturated carbocycles. The highest BCUT2D eigenvalue weighted by Crippen LogP contribution is 2.14. The lowest BCUT2D eigenvalue weighted by Crippen LogP contribution is -2.30. The molecule has 380 valence electrons. The molecule has 0 rings (SSSR count). The van der Waals surface area contributed by atoms with Gasteiger partial charge in [0.05, 0.1) is 0 Å². The molecule has 0 saturated heterocycles. The predicted octanol–water partition coefficient (Wildman–Crippen LogP) is 18.6. The summed E-state index contributed by atoms with van der Waals surface area (Å²) in [6.45, 7) is 6.56. The van der Waals surface area contributed by atoms with Gasteiger partial charge in [0.25, 0.3) is 0 Å². The summed E-state index contributed by atoms with van der Waals surface area (Å²) in [5.74, 6) is -0.919. The van der Waals surface area contributed by atoms with E-state index >= 15 is 0 Å². The van der Waals surface area contributed by atoms with E-state index in [2.05, 4.69) is 93.7 Å². The fourth-order valence-electron chi connectivity index (χ4n) is 7.65. The van der Waals surface area contributed by atoms with Crippen LogP contribution in [0.2, 0.25) is 0 Å². The minimum atomic E-state index is -0.792. The highest BCUT2D eigenvalue weighted by molar-refractivity contribution is 5.71. The first-order valence-corrected chi connectivity index (χ1v) is 27.9. The fourth-order valence-corrected chi connectivity index (χ4v) is 7.65. The van der Waals surface area contributed by atoms with Crippen molar-refractivity contribution < 1.29 is 28.6 Å². The van der Waals surface area contributed by atoms with Gasteiger partial charge in [0.1, 0.15) is 13.2 Å². The molecular weight excluding hydrogens is 817 g/mol. The van der Waals surface area contributed by atoms with E-state index in [1.165, 1.54) is 122 Å². The first kappa shape index (κ1) is 62.8. The summed E-state index contributed by atoms with van der Waals surface area (Å²) >= 11 is 0. The second kappa shape index (κ2) is 54.5. The number of rotatable bonds is 50. The van der Waals surface area contributed by atoms with Gasteiger partial charge in [-0.25, -0.2) is 0 Å². The summed E-state index contributed by atoms with van der Waals surface area (Å²) in [7, 11) is 0. The Hall–Kier alpha value is -3.15. The molecule has 0 aliphatic carbocycles. The van der Waals surface area contributed by atoms with E-state index in [0.29, 0.717) is 19.3 Å². The summed E-state index contributed by atoms with van der Waals surface area (Å²) in [5.41, 5.74) is 0. The van der Waals surface area contributed by atoms with Gasteiger partial charge in [-0.3, -0.25) is 14.4 Å². The lowest BCUT2D eigenvalue weighted by atomic mass is 10.1. The maximum absolute atomic E-state index is 12.8. The number of esters is 3. The molecule has 0 aliphatic rings. The van der Waals surface area contributed by atoms with Gasteiger partial charge in [0.15, 0.2) is 6.10 Å². The summed E-state index contributed by atoms with van der Waals surface area (Å²) in [6, 6.07) is 0. The van der Waals surface area contributed by atoms with Gasteiger partial charge in [-0.1, -0.05) is 209 Å². The topological polar surface area (TPSA) is 78.9 Å². The van der Waals surface area contributed by atoms with E-state index in [0.717, 1.165) is 109 Å². The molecule has 0 heterocycles. The van der Waals surface area contributed by atoms with Crippen molar-refractivity contribution in [2.45, 2.75) is 277 Å². The maximum Gasteiger partial charge on any atom is 0.306 e. The first-order valence-electron chi connectivity index (χ1n) is 27.9. The quantitative estimate of drug-likeness (QED) is 0.0262. The SMILES string of the molecule is CCCCC/C=C\C/C=C\C/C=C\CCCCCCCCC(=O)OCC(COC(=O)CCCCCCC/C=C\CCCCCC)OC(=O)CCCCCCC/C=C\C/C=C\CCCCCC. The second-order valence-corrected chi connectivity index (χ2v) is 18.5. The third kappa shape index (κ3) is 51.8. The third-order valence-corrected chi connectivity index (χ3v) is 11.9. The molecule has 0 spiro atoms. The van der Waals surface area contributed by atoms with Crippen molar-refractivity contribution in [1.29, 1.82) is 0 Å². The van der Waals surface area contributed by atoms with E-state index in [4.69, 9.17) is 14.2 Å². The van der Waals surface area contributed by atoms with Crippen molar-refractivity contribution in [3.8, 4) is 0 Å². The van der Waals surface area contributed by atoms with Gasteiger partial charge in [-0.05, 0) is 116 Å². The van der Waals surface area contributed by atoms with Crippen LogP contribution >= 0.6 is 0 Å². The molecule has 0 aromatic carbocycles. The van der Waals surface area contributed by atoms with E-state index in [-0.39, 0.29) is 31.1 Å². The lowest BCUT2D eigenvalue weighted by Gasteiger charge is -2.18. The molecule has 0 amide bonds. The van der Waals surface area contributed by atoms with Gasteiger partial charge in [0, 0.05) is 19.3 Å². The maximum atomic E-state index is 12.8. The molecular formula is C60H104O6. The molecule has 6 heteroatoms. The number of carbonyl (C=O) groups excluding carboxylic acids is 3. The van der Waals surface area contributed by atoms with Crippen molar-refractivity contribution in [2.75, 3.05) is 13.2 Å². The van der Waals surface area contributed by atoms with Crippen LogP contribution in [0.1, 0.15) is 271 Å². The van der Waals surface area contributed by atoms with E-state index in [1.54, 1.807) is 0 Å². The molecule has 0 aromatic rings. The predicted molar refractivity (Wildman–Crippen MR) is 284 cm³/mol. The van der Waals surface area contributed by atoms with Crippen LogP contribution < -0.4 is 0 Å². The number of allylic oxidation sites excluding steroid dienone is 12. The molecule has 0 N–H and O–H groups in total. The van der Waals surface area contributed by atoms with E-state index in [9.17, 15) is 14.4 Å². The van der Waals surface area contributed by atoms with Crippen LogP contribution in [0.15, 0.2) is 72.9 Å². The van der Waals surface area contributed by atoms with Crippen molar-refractivity contribution in [3.05, 3.63) is 72.9 Å². The van der Waals surface area contributed by atoms with Crippen LogP contribution in [-0.2, 0) is 28.6 Å². The van der Waals surface area contributed by atoms with Gasteiger partial charge >= 0.3 is 17.9 Å². The molecule has 0 bridgehead atoms. The zero-order chi connectivity index (χ0) is 47.9. The standard InChI is InChI=1S/C60H104O6/c1-4-7-10-13-16-19-22-25-27-29-30-31-33-35-38-41-44-47-50-53-59(62)65-56-57(55-64-58(61)52-49-46-43-40-37-34-24-21-18-15-12-9-6-3)66-60(63)54-51-48-45-42-39-36-32-28-26-23-20-17-14-11-8-5-2/h16,19-21,23-25,27-28,30-32,57H,4-15,17-18,22,26,29,33-56H2,1-3H3/b19-16-,23-20-,24-21-,27-25-,31-30-,32-28-. The smallest absolute Gasteiger partial charge is 0.306 e. The zero-order valence-electron chi connectivity index (χ0n) is 43.4. The monoisotopic (exact) mass is 921 g/mol. The highest BCUT2D eigenvalue weighted by atomic mass is 16.6. The highest BCUT2D eigenvalue weighted by Gasteiger charge is 2.19. The average Bonchev–Trinajstić information content (AvgIpc) is 3.31. The number of carbonyl (C=O) groups is 3. The second-order valence-electron chi connectivity index (χ2n) is 18.5. The Morgan fingerprint density at radius 3 is 0.894 bits per heavy atom. The summed E-state index contributed by atoms with van der Waals surface area (Å²) < 4.78 is 16.8. The van der Waals surface area contributed by atoms with Crippen LogP contribution in [0, 0.1) is 0 Å². The normalized spacial score (nSPS) is 12.6. The molecule has 1 atom stereocenters. The van der Waals surface area contributed by atoms with Crippen molar-refractivity contribution >= 4 is 17.9 Å². The molecule has 0 aliphatic heterocycles. The van der Waals surface area contributed by atoms with E-state index in [1.807, 2.05) is 0 Å². The molecule has 0 fully saturated rings. The third-order valence-electron chi connectivity index (χ3n) is 11.9. The summed E-state index contributed by atoms with van der Waals surface area (Å²) in [6.07, 6.45) is 68.8. The Morgan fingerprint density at radius 1 is 0.303 bits per heavy atom. The Labute approximate surface area is 408 Å². The molecule has 0 aromatic heterocycles. The van der Waals surface area contributed by atoms with Gasteiger partial charge in [0.2, 0.25) is 0 Å². The number of ether oxygens (including phenoxy) is 3. The van der Waals surface area contributed by atoms with Crippen LogP contribution in [-0.4, -0.2) is 37.2 Å². The van der Waals surface area contributed by atoms with Gasteiger partial charge < -0.3 is 14.2 Å². The molecule has 66 heavy (non-hydrogen) atoms. The lowest BCUT2D eigenvalue weighted by molar-refractivity contribution is -0.167. The fraction of sp³-hybridized carbons (Fsp3) is 0.750. The largest absolute Gasteiger partial charge is 0.462 e. The first-order chi connectivity index (χ1) is 32.5.